The van der Waals surface area contributed by atoms with Crippen LogP contribution in [0.2, 0.25) is 0 Å². The molecule has 4 aromatic rings. The molecule has 0 saturated heterocycles. The predicted molar refractivity (Wildman–Crippen MR) is 114 cm³/mol. The van der Waals surface area contributed by atoms with E-state index in [0.29, 0.717) is 23.2 Å². The average Bonchev–Trinajstić information content (AvgIpc) is 2.76. The van der Waals surface area contributed by atoms with Crippen molar-refractivity contribution in [2.24, 2.45) is 0 Å². The second-order valence-corrected chi connectivity index (χ2v) is 6.51. The van der Waals surface area contributed by atoms with E-state index in [2.05, 4.69) is 35.6 Å². The first kappa shape index (κ1) is 19.1. The Morgan fingerprint density at radius 2 is 1.73 bits per heavy atom. The summed E-state index contributed by atoms with van der Waals surface area (Å²) in [6.45, 7) is 1.74. The molecule has 0 fully saturated rings. The SMILES string of the molecule is Cc1nc(NC(=O)Cc2ccc(Nc3ccccc3)nc2)nc(-c2ccccn2)n1. The topological polar surface area (TPSA) is 106 Å². The normalized spacial score (nSPS) is 10.4. The molecule has 0 atom stereocenters. The molecule has 0 radical (unpaired) electrons. The smallest absolute Gasteiger partial charge is 0.233 e. The van der Waals surface area contributed by atoms with Crippen LogP contribution in [0.4, 0.5) is 17.5 Å². The summed E-state index contributed by atoms with van der Waals surface area (Å²) < 4.78 is 0. The number of hydrogen-bond acceptors (Lipinski definition) is 7. The molecule has 148 valence electrons. The highest BCUT2D eigenvalue weighted by atomic mass is 16.1. The number of aromatic nitrogens is 5. The first-order valence-corrected chi connectivity index (χ1v) is 9.37. The number of rotatable bonds is 6. The Hall–Kier alpha value is -4.20. The highest BCUT2D eigenvalue weighted by Crippen LogP contribution is 2.15. The van der Waals surface area contributed by atoms with E-state index in [-0.39, 0.29) is 18.3 Å². The molecule has 30 heavy (non-hydrogen) atoms. The van der Waals surface area contributed by atoms with Gasteiger partial charge in [0.1, 0.15) is 17.3 Å². The lowest BCUT2D eigenvalue weighted by atomic mass is 10.2. The molecule has 0 spiro atoms. The van der Waals surface area contributed by atoms with Gasteiger partial charge in [-0.05, 0) is 42.8 Å². The van der Waals surface area contributed by atoms with Crippen molar-refractivity contribution in [3.05, 3.63) is 84.4 Å². The fourth-order valence-corrected chi connectivity index (χ4v) is 2.77. The zero-order chi connectivity index (χ0) is 20.8. The minimum atomic E-state index is -0.238. The fraction of sp³-hybridized carbons (Fsp3) is 0.0909. The fourth-order valence-electron chi connectivity index (χ4n) is 2.77. The second-order valence-electron chi connectivity index (χ2n) is 6.51. The van der Waals surface area contributed by atoms with Crippen molar-refractivity contribution in [1.29, 1.82) is 0 Å². The molecule has 0 saturated carbocycles. The molecule has 8 nitrogen and oxygen atoms in total. The van der Waals surface area contributed by atoms with Gasteiger partial charge in [-0.2, -0.15) is 9.97 Å². The van der Waals surface area contributed by atoms with Gasteiger partial charge in [-0.25, -0.2) is 9.97 Å². The molecular formula is C22H19N7O. The van der Waals surface area contributed by atoms with Crippen LogP contribution in [0.3, 0.4) is 0 Å². The third-order valence-corrected chi connectivity index (χ3v) is 4.13. The van der Waals surface area contributed by atoms with E-state index in [0.717, 1.165) is 11.3 Å². The summed E-state index contributed by atoms with van der Waals surface area (Å²) >= 11 is 0. The summed E-state index contributed by atoms with van der Waals surface area (Å²) in [4.78, 5) is 33.8. The number of nitrogens with one attached hydrogen (secondary N) is 2. The number of carbonyl (C=O) groups excluding carboxylic acids is 1. The third-order valence-electron chi connectivity index (χ3n) is 4.13. The van der Waals surface area contributed by atoms with Gasteiger partial charge in [-0.1, -0.05) is 30.3 Å². The molecule has 8 heteroatoms. The van der Waals surface area contributed by atoms with Gasteiger partial charge in [-0.3, -0.25) is 15.1 Å². The van der Waals surface area contributed by atoms with Crippen LogP contribution < -0.4 is 10.6 Å². The van der Waals surface area contributed by atoms with Crippen molar-refractivity contribution in [3.63, 3.8) is 0 Å². The van der Waals surface area contributed by atoms with Gasteiger partial charge in [0.05, 0.1) is 6.42 Å². The number of anilines is 3. The van der Waals surface area contributed by atoms with Crippen LogP contribution >= 0.6 is 0 Å². The Morgan fingerprint density at radius 1 is 0.900 bits per heavy atom. The lowest BCUT2D eigenvalue weighted by Crippen LogP contribution is -2.17. The maximum Gasteiger partial charge on any atom is 0.233 e. The van der Waals surface area contributed by atoms with E-state index >= 15 is 0 Å². The molecule has 0 aliphatic heterocycles. The predicted octanol–water partition coefficient (Wildman–Crippen LogP) is 3.56. The zero-order valence-corrected chi connectivity index (χ0v) is 16.3. The summed E-state index contributed by atoms with van der Waals surface area (Å²) in [5, 5.41) is 5.93. The molecular weight excluding hydrogens is 378 g/mol. The monoisotopic (exact) mass is 397 g/mol. The van der Waals surface area contributed by atoms with E-state index in [1.807, 2.05) is 54.6 Å². The number of pyridine rings is 2. The zero-order valence-electron chi connectivity index (χ0n) is 16.3. The molecule has 3 aromatic heterocycles. The number of carbonyl (C=O) groups is 1. The van der Waals surface area contributed by atoms with Crippen LogP contribution in [0, 0.1) is 6.92 Å². The van der Waals surface area contributed by atoms with E-state index in [1.54, 1.807) is 25.4 Å². The molecule has 1 aromatic carbocycles. The van der Waals surface area contributed by atoms with Crippen LogP contribution in [0.1, 0.15) is 11.4 Å². The van der Waals surface area contributed by atoms with Crippen molar-refractivity contribution < 1.29 is 4.79 Å². The Kier molecular flexibility index (Phi) is 5.66. The lowest BCUT2D eigenvalue weighted by Gasteiger charge is -2.08. The van der Waals surface area contributed by atoms with Crippen molar-refractivity contribution in [2.45, 2.75) is 13.3 Å². The summed E-state index contributed by atoms with van der Waals surface area (Å²) in [6, 6.07) is 18.9. The number of nitrogens with zero attached hydrogens (tertiary/aromatic N) is 5. The van der Waals surface area contributed by atoms with E-state index in [9.17, 15) is 4.79 Å². The van der Waals surface area contributed by atoms with E-state index < -0.39 is 0 Å². The Bertz CT molecular complexity index is 1130. The van der Waals surface area contributed by atoms with Gasteiger partial charge in [0.25, 0.3) is 0 Å². The number of amides is 1. The highest BCUT2D eigenvalue weighted by molar-refractivity contribution is 5.90. The largest absolute Gasteiger partial charge is 0.340 e. The van der Waals surface area contributed by atoms with Gasteiger partial charge >= 0.3 is 0 Å². The Morgan fingerprint density at radius 3 is 2.47 bits per heavy atom. The second kappa shape index (κ2) is 8.87. The molecule has 4 rings (SSSR count). The van der Waals surface area contributed by atoms with E-state index in [4.69, 9.17) is 0 Å². The lowest BCUT2D eigenvalue weighted by molar-refractivity contribution is -0.115. The van der Waals surface area contributed by atoms with Crippen molar-refractivity contribution >= 4 is 23.4 Å². The van der Waals surface area contributed by atoms with Crippen molar-refractivity contribution in [1.82, 2.24) is 24.9 Å². The van der Waals surface area contributed by atoms with Gasteiger partial charge in [0.15, 0.2) is 5.82 Å². The minimum Gasteiger partial charge on any atom is -0.340 e. The summed E-state index contributed by atoms with van der Waals surface area (Å²) in [5.41, 5.74) is 2.34. The summed E-state index contributed by atoms with van der Waals surface area (Å²) in [7, 11) is 0. The molecule has 0 aliphatic carbocycles. The van der Waals surface area contributed by atoms with Gasteiger partial charge in [0, 0.05) is 18.1 Å². The average molecular weight is 397 g/mol. The molecule has 0 bridgehead atoms. The van der Waals surface area contributed by atoms with Crippen LogP contribution in [0.5, 0.6) is 0 Å². The molecule has 3 heterocycles. The van der Waals surface area contributed by atoms with Crippen molar-refractivity contribution in [3.8, 4) is 11.5 Å². The van der Waals surface area contributed by atoms with Gasteiger partial charge < -0.3 is 5.32 Å². The molecule has 1 amide bonds. The Balaban J connectivity index is 1.40. The van der Waals surface area contributed by atoms with Crippen LogP contribution in [0.25, 0.3) is 11.5 Å². The summed E-state index contributed by atoms with van der Waals surface area (Å²) in [5.74, 6) is 1.58. The van der Waals surface area contributed by atoms with Gasteiger partial charge in [-0.15, -0.1) is 0 Å². The van der Waals surface area contributed by atoms with Crippen LogP contribution in [0.15, 0.2) is 73.1 Å². The highest BCUT2D eigenvalue weighted by Gasteiger charge is 2.11. The number of para-hydroxylation sites is 1. The number of hydrogen-bond donors (Lipinski definition) is 2. The first-order valence-electron chi connectivity index (χ1n) is 9.37. The maximum atomic E-state index is 12.4. The third kappa shape index (κ3) is 4.99. The minimum absolute atomic E-state index is 0.155. The van der Waals surface area contributed by atoms with Crippen LogP contribution in [-0.2, 0) is 11.2 Å². The summed E-state index contributed by atoms with van der Waals surface area (Å²) in [6.07, 6.45) is 3.49. The Labute approximate surface area is 173 Å². The number of benzene rings is 1. The standard InChI is InChI=1S/C22H19N7O/c1-15-25-21(18-9-5-6-12-23-18)29-22(26-15)28-20(30)13-16-10-11-19(24-14-16)27-17-7-3-2-4-8-17/h2-12,14H,13H2,1H3,(H,24,27)(H,25,26,28,29,30). The molecule has 2 N–H and O–H groups in total. The quantitative estimate of drug-likeness (QED) is 0.512. The first-order chi connectivity index (χ1) is 14.7. The molecule has 0 unspecified atom stereocenters. The van der Waals surface area contributed by atoms with Crippen molar-refractivity contribution in [2.75, 3.05) is 10.6 Å². The van der Waals surface area contributed by atoms with Gasteiger partial charge in [0.2, 0.25) is 11.9 Å². The van der Waals surface area contributed by atoms with Crippen LogP contribution in [-0.4, -0.2) is 30.8 Å². The molecule has 0 aliphatic rings. The van der Waals surface area contributed by atoms with E-state index in [1.165, 1.54) is 0 Å². The number of aryl methyl sites for hydroxylation is 1. The maximum absolute atomic E-state index is 12.4.